The van der Waals surface area contributed by atoms with Gasteiger partial charge in [-0.2, -0.15) is 0 Å². The lowest BCUT2D eigenvalue weighted by molar-refractivity contribution is -0.385. The van der Waals surface area contributed by atoms with Crippen molar-refractivity contribution in [2.24, 2.45) is 11.8 Å². The second kappa shape index (κ2) is 5.88. The lowest BCUT2D eigenvalue weighted by Crippen LogP contribution is -2.23. The van der Waals surface area contributed by atoms with Crippen LogP contribution in [0.15, 0.2) is 18.2 Å². The first kappa shape index (κ1) is 13.6. The molecule has 0 aromatic heterocycles. The molecule has 2 rings (SSSR count). The molecule has 104 valence electrons. The fourth-order valence-electron chi connectivity index (χ4n) is 2.45. The molecule has 0 radical (unpaired) electrons. The molecule has 0 bridgehead atoms. The Hall–Kier alpha value is -1.82. The molecule has 1 aliphatic carbocycles. The number of hydrazine groups is 1. The fraction of sp³-hybridized carbons (Fsp3) is 0.538. The van der Waals surface area contributed by atoms with Crippen LogP contribution >= 0.6 is 0 Å². The summed E-state index contributed by atoms with van der Waals surface area (Å²) in [5, 5.41) is 11.1. The molecule has 0 amide bonds. The molecule has 6 nitrogen and oxygen atoms in total. The van der Waals surface area contributed by atoms with Gasteiger partial charge < -0.3 is 10.2 Å². The van der Waals surface area contributed by atoms with E-state index in [1.165, 1.54) is 0 Å². The largest absolute Gasteiger partial charge is 0.483 e. The van der Waals surface area contributed by atoms with Crippen LogP contribution in [-0.2, 0) is 0 Å². The van der Waals surface area contributed by atoms with E-state index < -0.39 is 4.92 Å². The third-order valence-electron chi connectivity index (χ3n) is 3.59. The zero-order valence-electron chi connectivity index (χ0n) is 11.0. The summed E-state index contributed by atoms with van der Waals surface area (Å²) < 4.78 is 5.80. The van der Waals surface area contributed by atoms with E-state index in [1.54, 1.807) is 18.2 Å². The summed E-state index contributed by atoms with van der Waals surface area (Å²) in [5.74, 6) is 6.31. The number of nitro benzene ring substituents is 1. The number of nitrogen functional groups attached to an aromatic ring is 1. The molecule has 19 heavy (non-hydrogen) atoms. The Balaban J connectivity index is 2.17. The van der Waals surface area contributed by atoms with Gasteiger partial charge in [-0.25, -0.2) is 0 Å². The van der Waals surface area contributed by atoms with Gasteiger partial charge >= 0.3 is 5.69 Å². The molecule has 1 aliphatic rings. The van der Waals surface area contributed by atoms with E-state index in [0.29, 0.717) is 11.7 Å². The maximum Gasteiger partial charge on any atom is 0.335 e. The number of hydrogen-bond donors (Lipinski definition) is 2. The Morgan fingerprint density at radius 3 is 2.63 bits per heavy atom. The molecule has 1 aromatic rings. The number of nitrogens with one attached hydrogen (secondary N) is 1. The summed E-state index contributed by atoms with van der Waals surface area (Å²) in [5.41, 5.74) is 2.52. The molecule has 3 N–H and O–H groups in total. The Morgan fingerprint density at radius 1 is 1.37 bits per heavy atom. The van der Waals surface area contributed by atoms with Crippen LogP contribution in [-0.4, -0.2) is 11.0 Å². The van der Waals surface area contributed by atoms with Gasteiger partial charge in [0.1, 0.15) is 5.69 Å². The highest BCUT2D eigenvalue weighted by molar-refractivity contribution is 5.67. The molecule has 0 heterocycles. The van der Waals surface area contributed by atoms with Crippen molar-refractivity contribution in [2.45, 2.75) is 38.7 Å². The van der Waals surface area contributed by atoms with Crippen molar-refractivity contribution < 1.29 is 9.66 Å². The van der Waals surface area contributed by atoms with Gasteiger partial charge in [-0.05, 0) is 43.7 Å². The minimum atomic E-state index is -0.462. The van der Waals surface area contributed by atoms with Gasteiger partial charge in [-0.1, -0.05) is 13.0 Å². The number of benzene rings is 1. The number of ether oxygens (including phenoxy) is 1. The molecule has 1 saturated carbocycles. The normalized spacial score (nSPS) is 22.8. The standard InChI is InChI=1S/C13H19N3O3/c1-9-5-7-10(8-6-9)19-12-4-2-3-11(15-14)13(12)16(17)18/h2-4,9-10,15H,5-8,14H2,1H3. The van der Waals surface area contributed by atoms with Crippen LogP contribution in [0.2, 0.25) is 0 Å². The van der Waals surface area contributed by atoms with Gasteiger partial charge in [0.05, 0.1) is 11.0 Å². The highest BCUT2D eigenvalue weighted by Gasteiger charge is 2.25. The van der Waals surface area contributed by atoms with Crippen LogP contribution in [0.1, 0.15) is 32.6 Å². The molecular formula is C13H19N3O3. The molecule has 0 spiro atoms. The van der Waals surface area contributed by atoms with Crippen LogP contribution < -0.4 is 16.0 Å². The molecule has 0 atom stereocenters. The third-order valence-corrected chi connectivity index (χ3v) is 3.59. The summed E-state index contributed by atoms with van der Waals surface area (Å²) in [7, 11) is 0. The van der Waals surface area contributed by atoms with E-state index in [2.05, 4.69) is 12.3 Å². The number of nitro groups is 1. The summed E-state index contributed by atoms with van der Waals surface area (Å²) in [6.07, 6.45) is 4.15. The van der Waals surface area contributed by atoms with Crippen LogP contribution in [0.25, 0.3) is 0 Å². The summed E-state index contributed by atoms with van der Waals surface area (Å²) in [6.45, 7) is 2.22. The Morgan fingerprint density at radius 2 is 2.05 bits per heavy atom. The van der Waals surface area contributed by atoms with Crippen LogP contribution in [0.5, 0.6) is 5.75 Å². The highest BCUT2D eigenvalue weighted by Crippen LogP contribution is 2.36. The first-order chi connectivity index (χ1) is 9.11. The number of rotatable bonds is 4. The lowest BCUT2D eigenvalue weighted by atomic mass is 9.89. The van der Waals surface area contributed by atoms with E-state index in [1.807, 2.05) is 0 Å². The quantitative estimate of drug-likeness (QED) is 0.496. The Labute approximate surface area is 112 Å². The predicted octanol–water partition coefficient (Wildman–Crippen LogP) is 2.84. The first-order valence-electron chi connectivity index (χ1n) is 6.52. The minimum absolute atomic E-state index is 0.0583. The van der Waals surface area contributed by atoms with Crippen molar-refractivity contribution in [3.63, 3.8) is 0 Å². The smallest absolute Gasteiger partial charge is 0.335 e. The molecule has 1 fully saturated rings. The minimum Gasteiger partial charge on any atom is -0.483 e. The van der Waals surface area contributed by atoms with Crippen molar-refractivity contribution in [1.29, 1.82) is 0 Å². The first-order valence-corrected chi connectivity index (χ1v) is 6.52. The fourth-order valence-corrected chi connectivity index (χ4v) is 2.45. The Kier molecular flexibility index (Phi) is 4.21. The van der Waals surface area contributed by atoms with E-state index in [-0.39, 0.29) is 17.5 Å². The summed E-state index contributed by atoms with van der Waals surface area (Å²) in [4.78, 5) is 10.7. The van der Waals surface area contributed by atoms with E-state index >= 15 is 0 Å². The summed E-state index contributed by atoms with van der Waals surface area (Å²) in [6, 6.07) is 4.88. The summed E-state index contributed by atoms with van der Waals surface area (Å²) >= 11 is 0. The van der Waals surface area contributed by atoms with Gasteiger partial charge in [0.15, 0.2) is 5.75 Å². The van der Waals surface area contributed by atoms with Gasteiger partial charge in [-0.15, -0.1) is 0 Å². The molecular weight excluding hydrogens is 246 g/mol. The molecule has 1 aromatic carbocycles. The van der Waals surface area contributed by atoms with Crippen LogP contribution in [0.3, 0.4) is 0 Å². The zero-order valence-corrected chi connectivity index (χ0v) is 11.0. The second-order valence-corrected chi connectivity index (χ2v) is 5.05. The van der Waals surface area contributed by atoms with E-state index in [9.17, 15) is 10.1 Å². The van der Waals surface area contributed by atoms with Crippen molar-refractivity contribution in [3.05, 3.63) is 28.3 Å². The third kappa shape index (κ3) is 3.14. The van der Waals surface area contributed by atoms with E-state index in [4.69, 9.17) is 10.6 Å². The topological polar surface area (TPSA) is 90.4 Å². The van der Waals surface area contributed by atoms with Crippen LogP contribution in [0, 0.1) is 16.0 Å². The Bertz CT molecular complexity index is 456. The van der Waals surface area contributed by atoms with Gasteiger partial charge in [0.2, 0.25) is 0 Å². The number of nitrogens with zero attached hydrogens (tertiary/aromatic N) is 1. The van der Waals surface area contributed by atoms with Gasteiger partial charge in [0.25, 0.3) is 0 Å². The molecule has 0 aliphatic heterocycles. The number of hydrogen-bond acceptors (Lipinski definition) is 5. The van der Waals surface area contributed by atoms with Crippen molar-refractivity contribution in [3.8, 4) is 5.75 Å². The predicted molar refractivity (Wildman–Crippen MR) is 73.0 cm³/mol. The van der Waals surface area contributed by atoms with Crippen LogP contribution in [0.4, 0.5) is 11.4 Å². The highest BCUT2D eigenvalue weighted by atomic mass is 16.6. The molecule has 0 unspecified atom stereocenters. The average Bonchev–Trinajstić information content (AvgIpc) is 2.40. The molecule has 0 saturated heterocycles. The number of nitrogens with two attached hydrogens (primary N) is 1. The zero-order chi connectivity index (χ0) is 13.8. The lowest BCUT2D eigenvalue weighted by Gasteiger charge is -2.26. The van der Waals surface area contributed by atoms with Crippen molar-refractivity contribution in [1.82, 2.24) is 0 Å². The van der Waals surface area contributed by atoms with E-state index in [0.717, 1.165) is 25.7 Å². The SMILES string of the molecule is CC1CCC(Oc2cccc(NN)c2[N+](=O)[O-])CC1. The average molecular weight is 265 g/mol. The van der Waals surface area contributed by atoms with Crippen molar-refractivity contribution in [2.75, 3.05) is 5.43 Å². The maximum atomic E-state index is 11.1. The van der Waals surface area contributed by atoms with Gasteiger partial charge in [-0.3, -0.25) is 16.0 Å². The van der Waals surface area contributed by atoms with Gasteiger partial charge in [0, 0.05) is 0 Å². The van der Waals surface area contributed by atoms with Crippen molar-refractivity contribution >= 4 is 11.4 Å². The molecule has 6 heteroatoms. The monoisotopic (exact) mass is 265 g/mol. The number of para-hydroxylation sites is 1. The second-order valence-electron chi connectivity index (χ2n) is 5.05. The number of anilines is 1. The maximum absolute atomic E-state index is 11.1.